The number of hydrogen-bond acceptors (Lipinski definition) is 4. The monoisotopic (exact) mass is 374 g/mol. The summed E-state index contributed by atoms with van der Waals surface area (Å²) in [5, 5.41) is 0. The predicted octanol–water partition coefficient (Wildman–Crippen LogP) is 3.50. The van der Waals surface area contributed by atoms with Gasteiger partial charge in [-0.05, 0) is 37.3 Å². The molecule has 130 valence electrons. The maximum absolute atomic E-state index is 12.6. The van der Waals surface area contributed by atoms with Crippen LogP contribution < -0.4 is 9.54 Å². The van der Waals surface area contributed by atoms with E-state index < -0.39 is 10.0 Å². The number of aryl methyl sites for hydroxylation is 1. The van der Waals surface area contributed by atoms with E-state index in [1.54, 1.807) is 37.5 Å². The van der Waals surface area contributed by atoms with Crippen molar-refractivity contribution in [3.63, 3.8) is 0 Å². The van der Waals surface area contributed by atoms with Crippen molar-refractivity contribution in [2.45, 2.75) is 18.4 Å². The summed E-state index contributed by atoms with van der Waals surface area (Å²) >= 11 is 1.31. The molecule has 0 unspecified atom stereocenters. The van der Waals surface area contributed by atoms with Gasteiger partial charge in [-0.15, -0.1) is 11.0 Å². The number of allylic oxidation sites excluding steroid dienone is 1. The molecule has 0 amide bonds. The lowest BCUT2D eigenvalue weighted by atomic mass is 10.2. The van der Waals surface area contributed by atoms with Crippen LogP contribution in [-0.2, 0) is 16.6 Å². The molecular weight excluding hydrogens is 356 g/mol. The van der Waals surface area contributed by atoms with Gasteiger partial charge in [-0.25, -0.2) is 0 Å². The summed E-state index contributed by atoms with van der Waals surface area (Å²) in [7, 11) is -2.19. The van der Waals surface area contributed by atoms with E-state index in [0.717, 1.165) is 15.8 Å². The van der Waals surface area contributed by atoms with Gasteiger partial charge in [-0.1, -0.05) is 35.1 Å². The molecule has 1 aromatic heterocycles. The molecule has 0 fully saturated rings. The first-order valence-corrected chi connectivity index (χ1v) is 9.86. The van der Waals surface area contributed by atoms with E-state index in [4.69, 9.17) is 4.74 Å². The lowest BCUT2D eigenvalue weighted by Crippen LogP contribution is -2.16. The SMILES string of the molecule is C=CCn1/c(=N/S(=O)(=O)c2ccc(C)cc2)sc2cc(OC)ccc21. The Bertz CT molecular complexity index is 1090. The average Bonchev–Trinajstić information content (AvgIpc) is 2.91. The first kappa shape index (κ1) is 17.4. The molecule has 0 N–H and O–H groups in total. The number of thiazole rings is 1. The van der Waals surface area contributed by atoms with Gasteiger partial charge in [0.25, 0.3) is 10.0 Å². The van der Waals surface area contributed by atoms with Gasteiger partial charge in [0.15, 0.2) is 0 Å². The van der Waals surface area contributed by atoms with Crippen LogP contribution >= 0.6 is 11.3 Å². The van der Waals surface area contributed by atoms with E-state index in [9.17, 15) is 8.42 Å². The van der Waals surface area contributed by atoms with E-state index in [1.807, 2.05) is 29.7 Å². The van der Waals surface area contributed by atoms with Gasteiger partial charge in [-0.3, -0.25) is 0 Å². The number of methoxy groups -OCH3 is 1. The summed E-state index contributed by atoms with van der Waals surface area (Å²) in [6.07, 6.45) is 1.72. The van der Waals surface area contributed by atoms with Gasteiger partial charge < -0.3 is 9.30 Å². The van der Waals surface area contributed by atoms with E-state index in [2.05, 4.69) is 11.0 Å². The van der Waals surface area contributed by atoms with Crippen molar-refractivity contribution in [2.24, 2.45) is 4.40 Å². The van der Waals surface area contributed by atoms with Crippen molar-refractivity contribution in [3.05, 3.63) is 65.5 Å². The predicted molar refractivity (Wildman–Crippen MR) is 100 cm³/mol. The molecule has 0 bridgehead atoms. The Morgan fingerprint density at radius 2 is 1.96 bits per heavy atom. The first-order valence-electron chi connectivity index (χ1n) is 7.60. The molecule has 0 saturated carbocycles. The van der Waals surface area contributed by atoms with Crippen LogP contribution in [0.5, 0.6) is 5.75 Å². The van der Waals surface area contributed by atoms with Gasteiger partial charge in [0.2, 0.25) is 4.80 Å². The first-order chi connectivity index (χ1) is 11.9. The average molecular weight is 374 g/mol. The minimum atomic E-state index is -3.79. The fraction of sp³-hybridized carbons (Fsp3) is 0.167. The van der Waals surface area contributed by atoms with Crippen molar-refractivity contribution in [1.29, 1.82) is 0 Å². The quantitative estimate of drug-likeness (QED) is 0.642. The zero-order valence-corrected chi connectivity index (χ0v) is 15.6. The summed E-state index contributed by atoms with van der Waals surface area (Å²) in [5.41, 5.74) is 1.89. The summed E-state index contributed by atoms with van der Waals surface area (Å²) in [5.74, 6) is 0.715. The smallest absolute Gasteiger partial charge is 0.285 e. The Labute approximate surface area is 150 Å². The lowest BCUT2D eigenvalue weighted by Gasteiger charge is -2.03. The molecule has 0 aliphatic heterocycles. The highest BCUT2D eigenvalue weighted by atomic mass is 32.2. The van der Waals surface area contributed by atoms with E-state index in [1.165, 1.54) is 11.3 Å². The maximum Gasteiger partial charge on any atom is 0.285 e. The van der Waals surface area contributed by atoms with Crippen LogP contribution in [0.2, 0.25) is 0 Å². The van der Waals surface area contributed by atoms with Crippen LogP contribution in [0.15, 0.2) is 64.4 Å². The number of ether oxygens (including phenoxy) is 1. The van der Waals surface area contributed by atoms with Crippen LogP contribution in [0.1, 0.15) is 5.56 Å². The zero-order valence-electron chi connectivity index (χ0n) is 14.0. The number of rotatable bonds is 5. The van der Waals surface area contributed by atoms with Gasteiger partial charge >= 0.3 is 0 Å². The van der Waals surface area contributed by atoms with E-state index in [0.29, 0.717) is 17.1 Å². The molecule has 2 aromatic carbocycles. The van der Waals surface area contributed by atoms with Crippen LogP contribution in [-0.4, -0.2) is 20.1 Å². The molecule has 3 aromatic rings. The molecule has 1 heterocycles. The van der Waals surface area contributed by atoms with Gasteiger partial charge in [0.05, 0.1) is 22.2 Å². The maximum atomic E-state index is 12.6. The second-order valence-electron chi connectivity index (χ2n) is 5.50. The molecule has 0 saturated heterocycles. The van der Waals surface area contributed by atoms with Crippen molar-refractivity contribution >= 4 is 31.6 Å². The Kier molecular flexibility index (Phi) is 4.78. The zero-order chi connectivity index (χ0) is 18.0. The van der Waals surface area contributed by atoms with Crippen molar-refractivity contribution < 1.29 is 13.2 Å². The highest BCUT2D eigenvalue weighted by Gasteiger charge is 2.14. The number of aromatic nitrogens is 1. The van der Waals surface area contributed by atoms with Crippen LogP contribution in [0.4, 0.5) is 0 Å². The second kappa shape index (κ2) is 6.85. The van der Waals surface area contributed by atoms with Crippen LogP contribution in [0, 0.1) is 6.92 Å². The van der Waals surface area contributed by atoms with Crippen molar-refractivity contribution in [3.8, 4) is 5.75 Å². The molecule has 0 radical (unpaired) electrons. The minimum Gasteiger partial charge on any atom is -0.497 e. The Morgan fingerprint density at radius 3 is 2.60 bits per heavy atom. The molecular formula is C18H18N2O3S2. The van der Waals surface area contributed by atoms with Crippen molar-refractivity contribution in [2.75, 3.05) is 7.11 Å². The fourth-order valence-electron chi connectivity index (χ4n) is 2.42. The van der Waals surface area contributed by atoms with Crippen molar-refractivity contribution in [1.82, 2.24) is 4.57 Å². The molecule has 0 spiro atoms. The highest BCUT2D eigenvalue weighted by Crippen LogP contribution is 2.23. The Balaban J connectivity index is 2.22. The topological polar surface area (TPSA) is 60.7 Å². The molecule has 0 aliphatic rings. The number of benzene rings is 2. The third-order valence-corrected chi connectivity index (χ3v) is 6.16. The summed E-state index contributed by atoms with van der Waals surface area (Å²) < 4.78 is 37.3. The lowest BCUT2D eigenvalue weighted by molar-refractivity contribution is 0.415. The van der Waals surface area contributed by atoms with E-state index in [-0.39, 0.29) is 4.90 Å². The summed E-state index contributed by atoms with van der Waals surface area (Å²) in [6, 6.07) is 12.3. The standard InChI is InChI=1S/C18H18N2O3S2/c1-4-11-20-16-10-7-14(23-3)12-17(16)24-18(20)19-25(21,22)15-8-5-13(2)6-9-15/h4-10,12H,1,11H2,2-3H3/b19-18-. The van der Waals surface area contributed by atoms with Crippen LogP contribution in [0.25, 0.3) is 10.2 Å². The number of hydrogen-bond donors (Lipinski definition) is 0. The molecule has 7 heteroatoms. The molecule has 0 aliphatic carbocycles. The Hall–Kier alpha value is -2.38. The second-order valence-corrected chi connectivity index (χ2v) is 8.11. The number of fused-ring (bicyclic) bond motifs is 1. The molecule has 0 atom stereocenters. The van der Waals surface area contributed by atoms with Gasteiger partial charge in [0, 0.05) is 6.54 Å². The summed E-state index contributed by atoms with van der Waals surface area (Å²) in [6.45, 7) is 6.12. The normalized spacial score (nSPS) is 12.5. The van der Waals surface area contributed by atoms with Gasteiger partial charge in [-0.2, -0.15) is 8.42 Å². The molecule has 3 rings (SSSR count). The Morgan fingerprint density at radius 1 is 1.24 bits per heavy atom. The summed E-state index contributed by atoms with van der Waals surface area (Å²) in [4.78, 5) is 0.585. The highest BCUT2D eigenvalue weighted by molar-refractivity contribution is 7.90. The number of nitrogens with zero attached hydrogens (tertiary/aromatic N) is 2. The minimum absolute atomic E-state index is 0.179. The van der Waals surface area contributed by atoms with Crippen LogP contribution in [0.3, 0.4) is 0 Å². The molecule has 25 heavy (non-hydrogen) atoms. The number of sulfonamides is 1. The fourth-order valence-corrected chi connectivity index (χ4v) is 4.69. The molecule has 5 nitrogen and oxygen atoms in total. The third kappa shape index (κ3) is 3.52. The largest absolute Gasteiger partial charge is 0.497 e. The van der Waals surface area contributed by atoms with Gasteiger partial charge in [0.1, 0.15) is 5.75 Å². The van der Waals surface area contributed by atoms with E-state index >= 15 is 0 Å². The third-order valence-electron chi connectivity index (χ3n) is 3.72.